The smallest absolute Gasteiger partial charge is 0.174 e. The Kier molecular flexibility index (Phi) is 2.86. The normalized spacial score (nSPS) is 10.8. The molecule has 0 N–H and O–H groups in total. The summed E-state index contributed by atoms with van der Waals surface area (Å²) in [5.41, 5.74) is 0. The van der Waals surface area contributed by atoms with Crippen molar-refractivity contribution in [1.82, 2.24) is 0 Å². The fourth-order valence-electron chi connectivity index (χ4n) is 1.24. The van der Waals surface area contributed by atoms with E-state index < -0.39 is 0 Å². The number of thiophene rings is 1. The summed E-state index contributed by atoms with van der Waals surface area (Å²) in [5, 5.41) is 3.03. The number of hydrogen-bond acceptors (Lipinski definition) is 2. The summed E-state index contributed by atoms with van der Waals surface area (Å²) in [7, 11) is 0. The summed E-state index contributed by atoms with van der Waals surface area (Å²) < 4.78 is 6.50. The molecule has 0 saturated carbocycles. The molecule has 14 heavy (non-hydrogen) atoms. The van der Waals surface area contributed by atoms with Gasteiger partial charge in [0, 0.05) is 16.2 Å². The maximum absolute atomic E-state index is 6.06. The number of halogens is 2. The molecule has 1 aromatic carbocycles. The van der Waals surface area contributed by atoms with Crippen molar-refractivity contribution in [2.75, 3.05) is 6.61 Å². The molecule has 0 bridgehead atoms. The molecule has 0 aliphatic rings. The fourth-order valence-corrected chi connectivity index (χ4v) is 2.66. The Bertz CT molecular complexity index is 464. The minimum Gasteiger partial charge on any atom is -0.484 e. The number of fused-ring (bicyclic) bond motifs is 1. The van der Waals surface area contributed by atoms with Crippen LogP contribution in [-0.2, 0) is 0 Å². The molecule has 74 valence electrons. The molecular weight excluding hydrogens is 239 g/mol. The van der Waals surface area contributed by atoms with Gasteiger partial charge in [0.05, 0.1) is 16.7 Å². The molecule has 1 heterocycles. The Labute approximate surface area is 96.2 Å². The third-order valence-electron chi connectivity index (χ3n) is 1.85. The zero-order chi connectivity index (χ0) is 10.1. The molecule has 0 atom stereocenters. The summed E-state index contributed by atoms with van der Waals surface area (Å²) in [6.07, 6.45) is 0. The molecule has 4 heteroatoms. The van der Waals surface area contributed by atoms with E-state index in [2.05, 4.69) is 0 Å². The monoisotopic (exact) mass is 246 g/mol. The maximum Gasteiger partial charge on any atom is 0.174 e. The second kappa shape index (κ2) is 3.97. The molecule has 0 amide bonds. The van der Waals surface area contributed by atoms with Gasteiger partial charge in [-0.15, -0.1) is 0 Å². The van der Waals surface area contributed by atoms with E-state index in [1.807, 2.05) is 19.1 Å². The van der Waals surface area contributed by atoms with Gasteiger partial charge in [-0.1, -0.05) is 34.5 Å². The van der Waals surface area contributed by atoms with E-state index in [0.717, 1.165) is 15.1 Å². The first-order chi connectivity index (χ1) is 6.72. The average Bonchev–Trinajstić information content (AvgIpc) is 2.56. The Morgan fingerprint density at radius 2 is 2.14 bits per heavy atom. The first-order valence-electron chi connectivity index (χ1n) is 4.22. The van der Waals surface area contributed by atoms with Crippen LogP contribution in [-0.4, -0.2) is 6.61 Å². The number of rotatable bonds is 2. The summed E-state index contributed by atoms with van der Waals surface area (Å²) >= 11 is 13.5. The minimum atomic E-state index is 0.583. The molecule has 0 saturated heterocycles. The molecule has 0 radical (unpaired) electrons. The lowest BCUT2D eigenvalue weighted by Gasteiger charge is -1.95. The highest BCUT2D eigenvalue weighted by Gasteiger charge is 2.08. The summed E-state index contributed by atoms with van der Waals surface area (Å²) in [6.45, 7) is 2.62. The van der Waals surface area contributed by atoms with Gasteiger partial charge in [0.1, 0.15) is 0 Å². The van der Waals surface area contributed by atoms with Crippen molar-refractivity contribution in [3.05, 3.63) is 28.2 Å². The van der Waals surface area contributed by atoms with Gasteiger partial charge in [-0.25, -0.2) is 0 Å². The molecule has 0 aliphatic carbocycles. The van der Waals surface area contributed by atoms with Gasteiger partial charge in [-0.2, -0.15) is 0 Å². The number of ether oxygens (including phenoxy) is 1. The van der Waals surface area contributed by atoms with Crippen molar-refractivity contribution in [3.63, 3.8) is 0 Å². The lowest BCUT2D eigenvalue weighted by Crippen LogP contribution is -1.86. The molecule has 1 nitrogen and oxygen atoms in total. The Morgan fingerprint density at radius 1 is 1.36 bits per heavy atom. The van der Waals surface area contributed by atoms with E-state index in [4.69, 9.17) is 27.9 Å². The second-order valence-corrected chi connectivity index (χ2v) is 4.60. The van der Waals surface area contributed by atoms with Crippen LogP contribution in [0.15, 0.2) is 18.2 Å². The zero-order valence-electron chi connectivity index (χ0n) is 7.51. The minimum absolute atomic E-state index is 0.583. The first kappa shape index (κ1) is 10.1. The zero-order valence-corrected chi connectivity index (χ0v) is 9.84. The third-order valence-corrected chi connectivity index (χ3v) is 3.68. The van der Waals surface area contributed by atoms with Crippen LogP contribution in [0.3, 0.4) is 0 Å². The van der Waals surface area contributed by atoms with Gasteiger partial charge in [-0.3, -0.25) is 0 Å². The van der Waals surface area contributed by atoms with Crippen molar-refractivity contribution in [2.45, 2.75) is 6.92 Å². The molecule has 0 fully saturated rings. The van der Waals surface area contributed by atoms with Crippen molar-refractivity contribution in [3.8, 4) is 5.06 Å². The second-order valence-electron chi connectivity index (χ2n) is 2.77. The van der Waals surface area contributed by atoms with E-state index >= 15 is 0 Å². The Morgan fingerprint density at radius 3 is 2.86 bits per heavy atom. The Balaban J connectivity index is 2.59. The summed E-state index contributed by atoms with van der Waals surface area (Å²) in [5.74, 6) is 0. The van der Waals surface area contributed by atoms with Gasteiger partial charge >= 0.3 is 0 Å². The van der Waals surface area contributed by atoms with Crippen LogP contribution in [0.2, 0.25) is 10.0 Å². The third kappa shape index (κ3) is 1.70. The van der Waals surface area contributed by atoms with Crippen LogP contribution in [0.1, 0.15) is 6.92 Å². The van der Waals surface area contributed by atoms with Crippen molar-refractivity contribution >= 4 is 44.6 Å². The van der Waals surface area contributed by atoms with Gasteiger partial charge in [0.15, 0.2) is 5.06 Å². The summed E-state index contributed by atoms with van der Waals surface area (Å²) in [4.78, 5) is 0. The van der Waals surface area contributed by atoms with E-state index in [1.165, 1.54) is 0 Å². The molecule has 0 unspecified atom stereocenters. The van der Waals surface area contributed by atoms with Gasteiger partial charge < -0.3 is 4.74 Å². The van der Waals surface area contributed by atoms with E-state index in [0.29, 0.717) is 16.7 Å². The highest BCUT2D eigenvalue weighted by Crippen LogP contribution is 2.38. The fraction of sp³-hybridized carbons (Fsp3) is 0.200. The summed E-state index contributed by atoms with van der Waals surface area (Å²) in [6, 6.07) is 5.69. The molecule has 2 aromatic rings. The molecule has 0 spiro atoms. The van der Waals surface area contributed by atoms with E-state index in [-0.39, 0.29) is 0 Å². The van der Waals surface area contributed by atoms with Gasteiger partial charge in [0.25, 0.3) is 0 Å². The number of benzene rings is 1. The van der Waals surface area contributed by atoms with Crippen molar-refractivity contribution in [2.24, 2.45) is 0 Å². The predicted molar refractivity (Wildman–Crippen MR) is 63.0 cm³/mol. The lowest BCUT2D eigenvalue weighted by molar-refractivity contribution is 0.350. The van der Waals surface area contributed by atoms with Crippen molar-refractivity contribution in [1.29, 1.82) is 0 Å². The number of hydrogen-bond donors (Lipinski definition) is 0. The Hall–Kier alpha value is -0.440. The van der Waals surface area contributed by atoms with E-state index in [1.54, 1.807) is 17.4 Å². The van der Waals surface area contributed by atoms with Crippen LogP contribution >= 0.6 is 34.5 Å². The average molecular weight is 247 g/mol. The molecule has 0 aliphatic heterocycles. The first-order valence-corrected chi connectivity index (χ1v) is 5.80. The van der Waals surface area contributed by atoms with Crippen LogP contribution in [0, 0.1) is 0 Å². The van der Waals surface area contributed by atoms with Crippen molar-refractivity contribution < 1.29 is 4.74 Å². The van der Waals surface area contributed by atoms with Gasteiger partial charge in [0.2, 0.25) is 0 Å². The molecular formula is C10H8Cl2OS. The van der Waals surface area contributed by atoms with E-state index in [9.17, 15) is 0 Å². The predicted octanol–water partition coefficient (Wildman–Crippen LogP) is 4.61. The molecule has 2 rings (SSSR count). The standard InChI is InChI=1S/C10H8Cl2OS/c1-2-13-9-5-6-8(14-9)4-3-7(11)10(6)12/h3-5H,2H2,1H3. The van der Waals surface area contributed by atoms with Gasteiger partial charge in [-0.05, 0) is 19.1 Å². The van der Waals surface area contributed by atoms with Crippen LogP contribution in [0.5, 0.6) is 5.06 Å². The lowest BCUT2D eigenvalue weighted by atomic mass is 10.3. The molecule has 1 aromatic heterocycles. The van der Waals surface area contributed by atoms with Crippen LogP contribution in [0.25, 0.3) is 10.1 Å². The van der Waals surface area contributed by atoms with Crippen LogP contribution in [0.4, 0.5) is 0 Å². The topological polar surface area (TPSA) is 9.23 Å². The highest BCUT2D eigenvalue weighted by atomic mass is 35.5. The highest BCUT2D eigenvalue weighted by molar-refractivity contribution is 7.20. The largest absolute Gasteiger partial charge is 0.484 e. The maximum atomic E-state index is 6.06. The van der Waals surface area contributed by atoms with Crippen LogP contribution < -0.4 is 4.74 Å². The quantitative estimate of drug-likeness (QED) is 0.753. The SMILES string of the molecule is CCOc1cc2c(Cl)c(Cl)ccc2s1.